The summed E-state index contributed by atoms with van der Waals surface area (Å²) in [6, 6.07) is 15.4. The highest BCUT2D eigenvalue weighted by atomic mass is 35.5. The van der Waals surface area contributed by atoms with Gasteiger partial charge in [0.15, 0.2) is 5.75 Å². The lowest BCUT2D eigenvalue weighted by Crippen LogP contribution is -2.23. The number of pyridine rings is 1. The second-order valence-corrected chi connectivity index (χ2v) is 8.70. The van der Waals surface area contributed by atoms with Crippen LogP contribution in [0.5, 0.6) is 11.5 Å². The molecule has 0 fully saturated rings. The van der Waals surface area contributed by atoms with E-state index in [9.17, 15) is 9.59 Å². The van der Waals surface area contributed by atoms with Crippen LogP contribution in [0, 0.1) is 11.3 Å². The van der Waals surface area contributed by atoms with Crippen molar-refractivity contribution in [1.29, 1.82) is 5.26 Å². The maximum Gasteiger partial charge on any atom is 0.259 e. The second kappa shape index (κ2) is 8.94. The van der Waals surface area contributed by atoms with Gasteiger partial charge in [-0.05, 0) is 36.4 Å². The number of thiazole rings is 1. The van der Waals surface area contributed by atoms with Gasteiger partial charge in [0.25, 0.3) is 11.8 Å². The van der Waals surface area contributed by atoms with Gasteiger partial charge in [0.2, 0.25) is 0 Å². The number of nitriles is 1. The van der Waals surface area contributed by atoms with Crippen LogP contribution in [0.4, 0.5) is 5.69 Å². The zero-order chi connectivity index (χ0) is 23.7. The SMILES string of the molecule is N#Cc1ccc(-c2ncc(CNC(=O)c3ccc4c(c3Cl)NC(=O)c3ccccc3O4)s2)nc1. The number of para-hydroxylation sites is 1. The first-order chi connectivity index (χ1) is 16.5. The summed E-state index contributed by atoms with van der Waals surface area (Å²) in [4.78, 5) is 34.8. The predicted octanol–water partition coefficient (Wildman–Crippen LogP) is 5.02. The lowest BCUT2D eigenvalue weighted by molar-refractivity contribution is 0.0950. The standard InChI is InChI=1S/C24H14ClN5O3S/c25-20-16(6-8-19-21(20)30-23(32)15-3-1-2-4-18(15)33-19)22(31)28-11-14-12-29-24(34-14)17-7-5-13(9-26)10-27-17/h1-8,10,12H,11H2,(H,28,31)(H,30,32). The number of ether oxygens (including phenoxy) is 1. The van der Waals surface area contributed by atoms with Crippen molar-refractivity contribution in [2.75, 3.05) is 5.32 Å². The molecule has 0 saturated carbocycles. The quantitative estimate of drug-likeness (QED) is 0.417. The number of hydrogen-bond donors (Lipinski definition) is 2. The highest BCUT2D eigenvalue weighted by molar-refractivity contribution is 7.15. The molecule has 5 rings (SSSR count). The van der Waals surface area contributed by atoms with E-state index in [0.29, 0.717) is 33.3 Å². The normalized spacial score (nSPS) is 11.8. The third kappa shape index (κ3) is 4.08. The molecule has 34 heavy (non-hydrogen) atoms. The Morgan fingerprint density at radius 3 is 2.76 bits per heavy atom. The van der Waals surface area contributed by atoms with Crippen LogP contribution in [0.15, 0.2) is 60.9 Å². The predicted molar refractivity (Wildman–Crippen MR) is 127 cm³/mol. The van der Waals surface area contributed by atoms with Gasteiger partial charge in [-0.25, -0.2) is 4.98 Å². The fraction of sp³-hybridized carbons (Fsp3) is 0.0417. The molecule has 0 unspecified atom stereocenters. The van der Waals surface area contributed by atoms with Crippen molar-refractivity contribution in [2.24, 2.45) is 0 Å². The Hall–Kier alpha value is -4.26. The van der Waals surface area contributed by atoms with Gasteiger partial charge in [-0.3, -0.25) is 14.6 Å². The van der Waals surface area contributed by atoms with Crippen molar-refractivity contribution in [1.82, 2.24) is 15.3 Å². The Morgan fingerprint density at radius 2 is 1.97 bits per heavy atom. The Labute approximate surface area is 202 Å². The summed E-state index contributed by atoms with van der Waals surface area (Å²) < 4.78 is 5.85. The van der Waals surface area contributed by atoms with Gasteiger partial charge in [0.05, 0.1) is 34.0 Å². The molecule has 2 aromatic heterocycles. The minimum Gasteiger partial charge on any atom is -0.454 e. The summed E-state index contributed by atoms with van der Waals surface area (Å²) >= 11 is 7.87. The smallest absolute Gasteiger partial charge is 0.259 e. The van der Waals surface area contributed by atoms with Crippen molar-refractivity contribution in [2.45, 2.75) is 6.54 Å². The molecule has 8 nitrogen and oxygen atoms in total. The molecule has 2 amide bonds. The zero-order valence-corrected chi connectivity index (χ0v) is 18.9. The van der Waals surface area contributed by atoms with E-state index in [1.807, 2.05) is 6.07 Å². The van der Waals surface area contributed by atoms with E-state index in [1.54, 1.807) is 54.7 Å². The molecule has 3 heterocycles. The topological polar surface area (TPSA) is 117 Å². The van der Waals surface area contributed by atoms with Gasteiger partial charge in [-0.15, -0.1) is 11.3 Å². The fourth-order valence-corrected chi connectivity index (χ4v) is 4.45. The maximum atomic E-state index is 12.8. The summed E-state index contributed by atoms with van der Waals surface area (Å²) in [5.74, 6) is -0.0238. The number of halogens is 1. The molecular weight excluding hydrogens is 474 g/mol. The van der Waals surface area contributed by atoms with Crippen molar-refractivity contribution < 1.29 is 14.3 Å². The van der Waals surface area contributed by atoms with E-state index in [2.05, 4.69) is 20.6 Å². The van der Waals surface area contributed by atoms with Gasteiger partial charge >= 0.3 is 0 Å². The summed E-state index contributed by atoms with van der Waals surface area (Å²) in [6.07, 6.45) is 3.14. The molecule has 0 radical (unpaired) electrons. The summed E-state index contributed by atoms with van der Waals surface area (Å²) in [7, 11) is 0. The third-order valence-corrected chi connectivity index (χ3v) is 6.44. The first-order valence-electron chi connectivity index (χ1n) is 10.0. The van der Waals surface area contributed by atoms with E-state index in [0.717, 1.165) is 4.88 Å². The molecule has 166 valence electrons. The molecule has 0 atom stereocenters. The van der Waals surface area contributed by atoms with Gasteiger partial charge in [-0.2, -0.15) is 5.26 Å². The number of carbonyl (C=O) groups excluding carboxylic acids is 2. The monoisotopic (exact) mass is 487 g/mol. The van der Waals surface area contributed by atoms with E-state index in [1.165, 1.54) is 17.5 Å². The number of aromatic nitrogens is 2. The fourth-order valence-electron chi connectivity index (χ4n) is 3.33. The zero-order valence-electron chi connectivity index (χ0n) is 17.3. The molecule has 2 aromatic carbocycles. The Kier molecular flexibility index (Phi) is 5.67. The lowest BCUT2D eigenvalue weighted by atomic mass is 10.1. The average Bonchev–Trinajstić information content (AvgIpc) is 3.28. The summed E-state index contributed by atoms with van der Waals surface area (Å²) in [6.45, 7) is 0.231. The molecule has 1 aliphatic heterocycles. The van der Waals surface area contributed by atoms with Gasteiger partial charge in [0.1, 0.15) is 22.5 Å². The number of nitrogens with one attached hydrogen (secondary N) is 2. The van der Waals surface area contributed by atoms with E-state index in [-0.39, 0.29) is 28.7 Å². The van der Waals surface area contributed by atoms with Gasteiger partial charge < -0.3 is 15.4 Å². The van der Waals surface area contributed by atoms with E-state index >= 15 is 0 Å². The minimum absolute atomic E-state index is 0.0860. The average molecular weight is 488 g/mol. The Morgan fingerprint density at radius 1 is 1.12 bits per heavy atom. The number of hydrogen-bond acceptors (Lipinski definition) is 7. The van der Waals surface area contributed by atoms with Crippen molar-refractivity contribution in [3.8, 4) is 28.3 Å². The Balaban J connectivity index is 1.32. The molecule has 10 heteroatoms. The van der Waals surface area contributed by atoms with Crippen LogP contribution >= 0.6 is 22.9 Å². The van der Waals surface area contributed by atoms with Crippen LogP contribution in [-0.4, -0.2) is 21.8 Å². The molecular formula is C24H14ClN5O3S. The van der Waals surface area contributed by atoms with Crippen LogP contribution in [0.3, 0.4) is 0 Å². The van der Waals surface area contributed by atoms with Crippen LogP contribution in [0.2, 0.25) is 5.02 Å². The maximum absolute atomic E-state index is 12.8. The van der Waals surface area contributed by atoms with Crippen molar-refractivity contribution in [3.63, 3.8) is 0 Å². The number of rotatable bonds is 4. The highest BCUT2D eigenvalue weighted by Gasteiger charge is 2.25. The van der Waals surface area contributed by atoms with E-state index in [4.69, 9.17) is 21.6 Å². The van der Waals surface area contributed by atoms with E-state index < -0.39 is 5.91 Å². The number of anilines is 1. The minimum atomic E-state index is -0.407. The number of amides is 2. The van der Waals surface area contributed by atoms with Crippen molar-refractivity contribution >= 4 is 40.4 Å². The second-order valence-electron chi connectivity index (χ2n) is 7.21. The van der Waals surface area contributed by atoms with Crippen molar-refractivity contribution in [3.05, 3.63) is 87.5 Å². The Bertz CT molecular complexity index is 1480. The van der Waals surface area contributed by atoms with Crippen LogP contribution in [-0.2, 0) is 6.54 Å². The van der Waals surface area contributed by atoms with Crippen LogP contribution in [0.1, 0.15) is 31.2 Å². The van der Waals surface area contributed by atoms with Crippen LogP contribution in [0.25, 0.3) is 10.7 Å². The molecule has 0 spiro atoms. The number of benzene rings is 2. The molecule has 0 bridgehead atoms. The largest absolute Gasteiger partial charge is 0.454 e. The molecule has 0 aliphatic carbocycles. The summed E-state index contributed by atoms with van der Waals surface area (Å²) in [5.41, 5.74) is 1.93. The number of fused-ring (bicyclic) bond motifs is 2. The summed E-state index contributed by atoms with van der Waals surface area (Å²) in [5, 5.41) is 15.2. The van der Waals surface area contributed by atoms with Crippen LogP contribution < -0.4 is 15.4 Å². The number of carbonyl (C=O) groups is 2. The molecule has 0 saturated heterocycles. The highest BCUT2D eigenvalue weighted by Crippen LogP contribution is 2.41. The molecule has 4 aromatic rings. The molecule has 2 N–H and O–H groups in total. The van der Waals surface area contributed by atoms with Gasteiger partial charge in [-0.1, -0.05) is 23.7 Å². The lowest BCUT2D eigenvalue weighted by Gasteiger charge is -2.12. The third-order valence-electron chi connectivity index (χ3n) is 5.03. The number of nitrogens with zero attached hydrogens (tertiary/aromatic N) is 3. The van der Waals surface area contributed by atoms with Gasteiger partial charge in [0, 0.05) is 17.3 Å². The first kappa shape index (κ1) is 21.6. The molecule has 1 aliphatic rings. The first-order valence-corrected chi connectivity index (χ1v) is 11.2.